The van der Waals surface area contributed by atoms with Crippen molar-refractivity contribution in [1.82, 2.24) is 14.9 Å². The Hall–Kier alpha value is -4.06. The highest BCUT2D eigenvalue weighted by atomic mass is 16.6. The fraction of sp³-hybridized carbons (Fsp3) is 0.241. The quantitative estimate of drug-likeness (QED) is 0.340. The number of aromatic amines is 1. The van der Waals surface area contributed by atoms with Crippen molar-refractivity contribution >= 4 is 34.1 Å². The van der Waals surface area contributed by atoms with Crippen molar-refractivity contribution < 1.29 is 9.53 Å². The first-order chi connectivity index (χ1) is 16.9. The number of nitrogens with one attached hydrogen (secondary N) is 2. The van der Waals surface area contributed by atoms with E-state index in [9.17, 15) is 4.79 Å². The Labute approximate surface area is 205 Å². The van der Waals surface area contributed by atoms with Crippen molar-refractivity contribution in [3.05, 3.63) is 84.7 Å². The summed E-state index contributed by atoms with van der Waals surface area (Å²) >= 11 is 0. The van der Waals surface area contributed by atoms with Crippen LogP contribution >= 0.6 is 0 Å². The summed E-state index contributed by atoms with van der Waals surface area (Å²) in [5.41, 5.74) is 6.92. The van der Waals surface area contributed by atoms with Crippen molar-refractivity contribution in [3.63, 3.8) is 0 Å². The molecule has 6 nitrogen and oxygen atoms in total. The Morgan fingerprint density at radius 2 is 1.83 bits per heavy atom. The molecule has 2 N–H and O–H groups in total. The summed E-state index contributed by atoms with van der Waals surface area (Å²) in [6.45, 7) is 6.82. The summed E-state index contributed by atoms with van der Waals surface area (Å²) in [5, 5.41) is 4.60. The first-order valence-corrected chi connectivity index (χ1v) is 11.9. The minimum atomic E-state index is -0.492. The van der Waals surface area contributed by atoms with Gasteiger partial charge in [-0.2, -0.15) is 0 Å². The fourth-order valence-electron chi connectivity index (χ4n) is 4.28. The maximum Gasteiger partial charge on any atom is 0.410 e. The molecule has 0 aliphatic carbocycles. The van der Waals surface area contributed by atoms with Gasteiger partial charge in [0.15, 0.2) is 0 Å². The molecular formula is C29H30N4O2. The van der Waals surface area contributed by atoms with Crippen LogP contribution in [0.5, 0.6) is 0 Å². The van der Waals surface area contributed by atoms with Gasteiger partial charge in [-0.15, -0.1) is 0 Å². The number of aromatic nitrogens is 2. The van der Waals surface area contributed by atoms with Crippen LogP contribution in [0, 0.1) is 0 Å². The van der Waals surface area contributed by atoms with Gasteiger partial charge in [0.1, 0.15) is 11.2 Å². The zero-order valence-electron chi connectivity index (χ0n) is 20.3. The van der Waals surface area contributed by atoms with Gasteiger partial charge in [-0.3, -0.25) is 0 Å². The predicted octanol–water partition coefficient (Wildman–Crippen LogP) is 7.00. The Bertz CT molecular complexity index is 1380. The standard InChI is InChI=1S/C29H30N4O2/c1-29(2,3)35-28(34)33-16-13-21(14-17-33)26-19-24-25(12-15-30-27(24)32-26)31-23-11-7-10-22(18-23)20-8-5-4-6-9-20/h4-13,15,18-19H,14,16-17H2,1-3H3,(H2,30,31,32). The number of rotatable bonds is 4. The van der Waals surface area contributed by atoms with E-state index in [0.717, 1.165) is 40.1 Å². The van der Waals surface area contributed by atoms with Gasteiger partial charge in [0, 0.05) is 36.1 Å². The molecule has 0 saturated heterocycles. The normalized spacial score (nSPS) is 14.0. The Morgan fingerprint density at radius 3 is 2.57 bits per heavy atom. The molecule has 178 valence electrons. The zero-order chi connectivity index (χ0) is 24.4. The van der Waals surface area contributed by atoms with Gasteiger partial charge in [-0.1, -0.05) is 48.5 Å². The molecule has 1 aliphatic rings. The van der Waals surface area contributed by atoms with Gasteiger partial charge in [-0.05, 0) is 68.2 Å². The fourth-order valence-corrected chi connectivity index (χ4v) is 4.28. The molecule has 0 spiro atoms. The molecule has 0 atom stereocenters. The number of carbonyl (C=O) groups is 1. The third kappa shape index (κ3) is 5.22. The van der Waals surface area contributed by atoms with Crippen LogP contribution in [0.3, 0.4) is 0 Å². The number of amides is 1. The largest absolute Gasteiger partial charge is 0.444 e. The molecular weight excluding hydrogens is 436 g/mol. The number of carbonyl (C=O) groups excluding carboxylic acids is 1. The summed E-state index contributed by atoms with van der Waals surface area (Å²) in [7, 11) is 0. The van der Waals surface area contributed by atoms with Crippen LogP contribution in [0.2, 0.25) is 0 Å². The van der Waals surface area contributed by atoms with Crippen LogP contribution in [0.1, 0.15) is 32.9 Å². The van der Waals surface area contributed by atoms with Gasteiger partial charge in [-0.25, -0.2) is 9.78 Å². The number of ether oxygens (including phenoxy) is 1. The van der Waals surface area contributed by atoms with E-state index < -0.39 is 5.60 Å². The molecule has 4 aromatic rings. The molecule has 0 radical (unpaired) electrons. The molecule has 0 fully saturated rings. The van der Waals surface area contributed by atoms with Gasteiger partial charge < -0.3 is 19.9 Å². The Balaban J connectivity index is 1.36. The highest BCUT2D eigenvalue weighted by molar-refractivity contribution is 5.94. The molecule has 0 saturated carbocycles. The molecule has 6 heteroatoms. The van der Waals surface area contributed by atoms with E-state index in [1.54, 1.807) is 4.90 Å². The molecule has 35 heavy (non-hydrogen) atoms. The molecule has 2 aromatic heterocycles. The van der Waals surface area contributed by atoms with E-state index in [1.807, 2.05) is 39.1 Å². The molecule has 1 amide bonds. The summed E-state index contributed by atoms with van der Waals surface area (Å²) in [6.07, 6.45) is 4.39. The van der Waals surface area contributed by atoms with E-state index in [1.165, 1.54) is 11.1 Å². The lowest BCUT2D eigenvalue weighted by Crippen LogP contribution is -2.39. The van der Waals surface area contributed by atoms with Crippen molar-refractivity contribution in [3.8, 4) is 11.1 Å². The second-order valence-corrected chi connectivity index (χ2v) is 9.78. The molecule has 3 heterocycles. The van der Waals surface area contributed by atoms with Gasteiger partial charge in [0.25, 0.3) is 0 Å². The van der Waals surface area contributed by atoms with Crippen LogP contribution in [-0.2, 0) is 4.74 Å². The van der Waals surface area contributed by atoms with E-state index in [2.05, 4.69) is 76.0 Å². The van der Waals surface area contributed by atoms with Crippen molar-refractivity contribution in [2.24, 2.45) is 0 Å². The van der Waals surface area contributed by atoms with Gasteiger partial charge in [0.05, 0.1) is 5.69 Å². The van der Waals surface area contributed by atoms with Gasteiger partial charge in [0.2, 0.25) is 0 Å². The average Bonchev–Trinajstić information content (AvgIpc) is 3.29. The number of pyridine rings is 1. The topological polar surface area (TPSA) is 70.2 Å². The zero-order valence-corrected chi connectivity index (χ0v) is 20.3. The SMILES string of the molecule is CC(C)(C)OC(=O)N1CC=C(c2cc3c(Nc4cccc(-c5ccccc5)c4)ccnc3[nH]2)CC1. The molecule has 5 rings (SSSR count). The lowest BCUT2D eigenvalue weighted by Gasteiger charge is -2.29. The third-order valence-electron chi connectivity index (χ3n) is 5.99. The highest BCUT2D eigenvalue weighted by Gasteiger charge is 2.24. The predicted molar refractivity (Wildman–Crippen MR) is 142 cm³/mol. The van der Waals surface area contributed by atoms with E-state index in [-0.39, 0.29) is 6.09 Å². The molecule has 0 bridgehead atoms. The average molecular weight is 467 g/mol. The highest BCUT2D eigenvalue weighted by Crippen LogP contribution is 2.31. The second-order valence-electron chi connectivity index (χ2n) is 9.78. The number of H-pyrrole nitrogens is 1. The smallest absolute Gasteiger partial charge is 0.410 e. The van der Waals surface area contributed by atoms with Crippen molar-refractivity contribution in [2.45, 2.75) is 32.8 Å². The maximum atomic E-state index is 12.4. The Morgan fingerprint density at radius 1 is 1.03 bits per heavy atom. The summed E-state index contributed by atoms with van der Waals surface area (Å²) in [4.78, 5) is 22.1. The minimum Gasteiger partial charge on any atom is -0.444 e. The first-order valence-electron chi connectivity index (χ1n) is 11.9. The summed E-state index contributed by atoms with van der Waals surface area (Å²) in [5.74, 6) is 0. The Kier molecular flexibility index (Phi) is 6.03. The van der Waals surface area contributed by atoms with E-state index >= 15 is 0 Å². The second kappa shape index (κ2) is 9.29. The summed E-state index contributed by atoms with van der Waals surface area (Å²) < 4.78 is 5.51. The lowest BCUT2D eigenvalue weighted by molar-refractivity contribution is 0.0270. The van der Waals surface area contributed by atoms with Crippen LogP contribution < -0.4 is 5.32 Å². The lowest BCUT2D eigenvalue weighted by atomic mass is 10.0. The molecule has 0 unspecified atom stereocenters. The third-order valence-corrected chi connectivity index (χ3v) is 5.99. The maximum absolute atomic E-state index is 12.4. The molecule has 1 aliphatic heterocycles. The summed E-state index contributed by atoms with van der Waals surface area (Å²) in [6, 6.07) is 22.9. The number of hydrogen-bond acceptors (Lipinski definition) is 4. The van der Waals surface area contributed by atoms with Crippen LogP contribution in [0.4, 0.5) is 16.2 Å². The number of hydrogen-bond donors (Lipinski definition) is 2. The first kappa shape index (κ1) is 22.7. The van der Waals surface area contributed by atoms with Crippen molar-refractivity contribution in [2.75, 3.05) is 18.4 Å². The van der Waals surface area contributed by atoms with Crippen LogP contribution in [-0.4, -0.2) is 39.7 Å². The van der Waals surface area contributed by atoms with E-state index in [4.69, 9.17) is 4.74 Å². The number of anilines is 2. The van der Waals surface area contributed by atoms with E-state index in [0.29, 0.717) is 13.1 Å². The van der Waals surface area contributed by atoms with Crippen molar-refractivity contribution in [1.29, 1.82) is 0 Å². The monoisotopic (exact) mass is 466 g/mol. The number of nitrogens with zero attached hydrogens (tertiary/aromatic N) is 2. The van der Waals surface area contributed by atoms with Gasteiger partial charge >= 0.3 is 6.09 Å². The van der Waals surface area contributed by atoms with Crippen LogP contribution in [0.15, 0.2) is 79.0 Å². The van der Waals surface area contributed by atoms with Crippen LogP contribution in [0.25, 0.3) is 27.7 Å². The number of fused-ring (bicyclic) bond motifs is 1. The minimum absolute atomic E-state index is 0.268. The number of benzene rings is 2. The molecule has 2 aromatic carbocycles.